The Morgan fingerprint density at radius 1 is 1.38 bits per heavy atom. The zero-order chi connectivity index (χ0) is 17.4. The van der Waals surface area contributed by atoms with Crippen LogP contribution in [0.15, 0.2) is 41.3 Å². The van der Waals surface area contributed by atoms with Crippen LogP contribution in [0.25, 0.3) is 0 Å². The molecule has 0 bridgehead atoms. The number of carbonyl (C=O) groups excluding carboxylic acids is 2. The zero-order valence-electron chi connectivity index (χ0n) is 12.9. The summed E-state index contributed by atoms with van der Waals surface area (Å²) in [6, 6.07) is 6.71. The van der Waals surface area contributed by atoms with Crippen LogP contribution in [-0.4, -0.2) is 41.4 Å². The number of rotatable bonds is 8. The molecular weight excluding hydrogens is 348 g/mol. The third-order valence-corrected chi connectivity index (χ3v) is 4.75. The first kappa shape index (κ1) is 18.0. The van der Waals surface area contributed by atoms with Crippen LogP contribution in [0.3, 0.4) is 0 Å². The van der Waals surface area contributed by atoms with Gasteiger partial charge in [-0.05, 0) is 12.1 Å². The third-order valence-electron chi connectivity index (χ3n) is 2.74. The second-order valence-corrected chi connectivity index (χ2v) is 6.61. The fourth-order valence-electron chi connectivity index (χ4n) is 1.69. The van der Waals surface area contributed by atoms with E-state index in [-0.39, 0.29) is 5.75 Å². The highest BCUT2D eigenvalue weighted by molar-refractivity contribution is 8.01. The van der Waals surface area contributed by atoms with Gasteiger partial charge in [0.05, 0.1) is 18.4 Å². The third kappa shape index (κ3) is 5.07. The first-order valence-electron chi connectivity index (χ1n) is 6.92. The van der Waals surface area contributed by atoms with Gasteiger partial charge in [-0.15, -0.1) is 16.8 Å². The standard InChI is InChI=1S/C15H16N4O3S2/c1-3-8-16-14-18-19-15(24-14)23-9-12(20)17-13(21)10-6-4-5-7-11(10)22-2/h3-7H,1,8-9H2,2H3,(H,16,18)(H,17,20,21). The number of hydrogen-bond acceptors (Lipinski definition) is 8. The number of para-hydroxylation sites is 1. The maximum Gasteiger partial charge on any atom is 0.261 e. The van der Waals surface area contributed by atoms with Gasteiger partial charge in [0, 0.05) is 6.54 Å². The summed E-state index contributed by atoms with van der Waals surface area (Å²) in [4.78, 5) is 24.0. The van der Waals surface area contributed by atoms with Crippen LogP contribution in [0.2, 0.25) is 0 Å². The number of amides is 2. The molecule has 0 aliphatic carbocycles. The van der Waals surface area contributed by atoms with E-state index in [0.29, 0.717) is 27.3 Å². The summed E-state index contributed by atoms with van der Waals surface area (Å²) < 4.78 is 5.74. The van der Waals surface area contributed by atoms with E-state index in [1.807, 2.05) is 0 Å². The number of benzene rings is 1. The van der Waals surface area contributed by atoms with Crippen LogP contribution in [0.1, 0.15) is 10.4 Å². The second-order valence-electron chi connectivity index (χ2n) is 4.41. The largest absolute Gasteiger partial charge is 0.496 e. The predicted octanol–water partition coefficient (Wildman–Crippen LogP) is 2.19. The fourth-order valence-corrected chi connectivity index (χ4v) is 3.25. The van der Waals surface area contributed by atoms with Crippen LogP contribution in [0.5, 0.6) is 5.75 Å². The molecule has 0 fully saturated rings. The molecule has 0 spiro atoms. The van der Waals surface area contributed by atoms with Gasteiger partial charge in [-0.3, -0.25) is 14.9 Å². The van der Waals surface area contributed by atoms with Gasteiger partial charge in [-0.2, -0.15) is 0 Å². The van der Waals surface area contributed by atoms with Gasteiger partial charge in [0.15, 0.2) is 4.34 Å². The molecule has 2 aromatic rings. The van der Waals surface area contributed by atoms with Gasteiger partial charge in [0.1, 0.15) is 5.75 Å². The van der Waals surface area contributed by atoms with E-state index in [2.05, 4.69) is 27.4 Å². The molecule has 0 aliphatic rings. The van der Waals surface area contributed by atoms with E-state index in [1.54, 1.807) is 30.3 Å². The number of methoxy groups -OCH3 is 1. The Morgan fingerprint density at radius 3 is 2.92 bits per heavy atom. The average molecular weight is 364 g/mol. The van der Waals surface area contributed by atoms with E-state index in [1.165, 1.54) is 30.2 Å². The van der Waals surface area contributed by atoms with E-state index in [9.17, 15) is 9.59 Å². The van der Waals surface area contributed by atoms with E-state index < -0.39 is 11.8 Å². The summed E-state index contributed by atoms with van der Waals surface area (Å²) in [5.74, 6) is -0.426. The average Bonchev–Trinajstić information content (AvgIpc) is 3.06. The Morgan fingerprint density at radius 2 is 2.17 bits per heavy atom. The molecule has 1 aromatic heterocycles. The smallest absolute Gasteiger partial charge is 0.261 e. The van der Waals surface area contributed by atoms with Gasteiger partial charge >= 0.3 is 0 Å². The van der Waals surface area contributed by atoms with Gasteiger partial charge < -0.3 is 10.1 Å². The van der Waals surface area contributed by atoms with Crippen molar-refractivity contribution in [3.63, 3.8) is 0 Å². The Balaban J connectivity index is 1.85. The molecule has 0 saturated carbocycles. The summed E-state index contributed by atoms with van der Waals surface area (Å²) in [5.41, 5.74) is 0.310. The molecule has 0 atom stereocenters. The second kappa shape index (κ2) is 9.04. The summed E-state index contributed by atoms with van der Waals surface area (Å²) in [6.07, 6.45) is 1.71. The van der Waals surface area contributed by atoms with E-state index in [4.69, 9.17) is 4.74 Å². The monoisotopic (exact) mass is 364 g/mol. The minimum Gasteiger partial charge on any atom is -0.496 e. The van der Waals surface area contributed by atoms with Gasteiger partial charge in [-0.1, -0.05) is 41.3 Å². The lowest BCUT2D eigenvalue weighted by Gasteiger charge is -2.07. The molecule has 9 heteroatoms. The highest BCUT2D eigenvalue weighted by Crippen LogP contribution is 2.25. The number of nitrogens with one attached hydrogen (secondary N) is 2. The summed E-state index contributed by atoms with van der Waals surface area (Å²) in [7, 11) is 1.47. The molecule has 7 nitrogen and oxygen atoms in total. The van der Waals surface area contributed by atoms with Crippen LogP contribution in [0, 0.1) is 0 Å². The number of hydrogen-bond donors (Lipinski definition) is 2. The van der Waals surface area contributed by atoms with Crippen molar-refractivity contribution in [2.75, 3.05) is 24.7 Å². The van der Waals surface area contributed by atoms with Crippen molar-refractivity contribution in [3.05, 3.63) is 42.5 Å². The summed E-state index contributed by atoms with van der Waals surface area (Å²) in [6.45, 7) is 4.19. The maximum atomic E-state index is 12.1. The van der Waals surface area contributed by atoms with E-state index in [0.717, 1.165) is 0 Å². The quantitative estimate of drug-likeness (QED) is 0.548. The molecule has 1 aromatic carbocycles. The van der Waals surface area contributed by atoms with E-state index >= 15 is 0 Å². The predicted molar refractivity (Wildman–Crippen MR) is 94.8 cm³/mol. The molecule has 126 valence electrons. The topological polar surface area (TPSA) is 93.2 Å². The van der Waals surface area contributed by atoms with Crippen molar-refractivity contribution in [2.45, 2.75) is 4.34 Å². The molecule has 2 amide bonds. The molecule has 2 N–H and O–H groups in total. The van der Waals surface area contributed by atoms with Gasteiger partial charge in [0.25, 0.3) is 5.91 Å². The lowest BCUT2D eigenvalue weighted by molar-refractivity contribution is -0.117. The zero-order valence-corrected chi connectivity index (χ0v) is 14.6. The molecule has 1 heterocycles. The van der Waals surface area contributed by atoms with Crippen molar-refractivity contribution in [1.82, 2.24) is 15.5 Å². The van der Waals surface area contributed by atoms with Crippen LogP contribution >= 0.6 is 23.1 Å². The number of aromatic nitrogens is 2. The van der Waals surface area contributed by atoms with Crippen LogP contribution < -0.4 is 15.4 Å². The van der Waals surface area contributed by atoms with Gasteiger partial charge in [-0.25, -0.2) is 0 Å². The highest BCUT2D eigenvalue weighted by Gasteiger charge is 2.15. The molecule has 0 aliphatic heterocycles. The maximum absolute atomic E-state index is 12.1. The Labute approximate surface area is 147 Å². The van der Waals surface area contributed by atoms with Crippen molar-refractivity contribution in [1.29, 1.82) is 0 Å². The molecule has 2 rings (SSSR count). The molecular formula is C15H16N4O3S2. The number of anilines is 1. The van der Waals surface area contributed by atoms with Crippen molar-refractivity contribution < 1.29 is 14.3 Å². The van der Waals surface area contributed by atoms with Crippen molar-refractivity contribution >= 4 is 40.0 Å². The van der Waals surface area contributed by atoms with Crippen molar-refractivity contribution in [3.8, 4) is 5.75 Å². The number of thioether (sulfide) groups is 1. The van der Waals surface area contributed by atoms with Crippen LogP contribution in [0.4, 0.5) is 5.13 Å². The first-order chi connectivity index (χ1) is 11.6. The molecule has 0 unspecified atom stereocenters. The summed E-state index contributed by atoms with van der Waals surface area (Å²) in [5, 5.41) is 13.9. The van der Waals surface area contributed by atoms with Crippen LogP contribution in [-0.2, 0) is 4.79 Å². The lowest BCUT2D eigenvalue weighted by Crippen LogP contribution is -2.32. The minimum atomic E-state index is -0.497. The Kier molecular flexibility index (Phi) is 6.76. The SMILES string of the molecule is C=CCNc1nnc(SCC(=O)NC(=O)c2ccccc2OC)s1. The Bertz CT molecular complexity index is 733. The highest BCUT2D eigenvalue weighted by atomic mass is 32.2. The molecule has 24 heavy (non-hydrogen) atoms. The molecule has 0 radical (unpaired) electrons. The minimum absolute atomic E-state index is 0.0664. The van der Waals surface area contributed by atoms with Crippen molar-refractivity contribution in [2.24, 2.45) is 0 Å². The summed E-state index contributed by atoms with van der Waals surface area (Å²) >= 11 is 2.55. The van der Waals surface area contributed by atoms with Gasteiger partial charge in [0.2, 0.25) is 11.0 Å². The molecule has 0 saturated heterocycles. The number of nitrogens with zero attached hydrogens (tertiary/aromatic N) is 2. The number of imide groups is 1. The number of ether oxygens (including phenoxy) is 1. The Hall–Kier alpha value is -2.39. The lowest BCUT2D eigenvalue weighted by atomic mass is 10.2. The fraction of sp³-hybridized carbons (Fsp3) is 0.200. The first-order valence-corrected chi connectivity index (χ1v) is 8.72. The normalized spacial score (nSPS) is 10.0. The number of carbonyl (C=O) groups is 2.